The van der Waals surface area contributed by atoms with Gasteiger partial charge in [0.1, 0.15) is 0 Å². The van der Waals surface area contributed by atoms with Gasteiger partial charge in [0.05, 0.1) is 0 Å². The van der Waals surface area contributed by atoms with Crippen molar-refractivity contribution in [1.82, 2.24) is 15.0 Å². The molecule has 1 aliphatic carbocycles. The lowest BCUT2D eigenvalue weighted by atomic mass is 9.82. The first-order chi connectivity index (χ1) is 29.0. The van der Waals surface area contributed by atoms with Gasteiger partial charge in [-0.1, -0.05) is 178 Å². The fraction of sp³-hybridized carbons (Fsp3) is 0.0536. The van der Waals surface area contributed by atoms with Crippen LogP contribution in [0.3, 0.4) is 0 Å². The molecule has 12 rings (SSSR count). The van der Waals surface area contributed by atoms with Crippen molar-refractivity contribution in [2.24, 2.45) is 0 Å². The maximum atomic E-state index is 5.32. The van der Waals surface area contributed by atoms with E-state index in [2.05, 4.69) is 202 Å². The van der Waals surface area contributed by atoms with Crippen molar-refractivity contribution in [2.45, 2.75) is 19.3 Å². The van der Waals surface area contributed by atoms with E-state index in [0.717, 1.165) is 27.5 Å². The highest BCUT2D eigenvalue weighted by atomic mass is 15.0. The van der Waals surface area contributed by atoms with Gasteiger partial charge in [-0.15, -0.1) is 0 Å². The van der Waals surface area contributed by atoms with Crippen molar-refractivity contribution >= 4 is 53.9 Å². The zero-order valence-electron chi connectivity index (χ0n) is 32.7. The Bertz CT molecular complexity index is 3410. The summed E-state index contributed by atoms with van der Waals surface area (Å²) >= 11 is 0. The second-order valence-electron chi connectivity index (χ2n) is 16.4. The van der Waals surface area contributed by atoms with Gasteiger partial charge in [0.25, 0.3) is 0 Å². The van der Waals surface area contributed by atoms with Gasteiger partial charge in [0.15, 0.2) is 17.5 Å². The molecule has 1 heterocycles. The molecule has 276 valence electrons. The quantitative estimate of drug-likeness (QED) is 0.168. The number of hydrogen-bond acceptors (Lipinski definition) is 3. The van der Waals surface area contributed by atoms with Crippen LogP contribution in [-0.4, -0.2) is 15.0 Å². The van der Waals surface area contributed by atoms with Gasteiger partial charge in [0, 0.05) is 22.1 Å². The Hall–Kier alpha value is -7.49. The average molecular weight is 752 g/mol. The molecule has 0 fully saturated rings. The zero-order chi connectivity index (χ0) is 39.2. The average Bonchev–Trinajstić information content (AvgIpc) is 3.53. The molecule has 59 heavy (non-hydrogen) atoms. The van der Waals surface area contributed by atoms with E-state index in [1.807, 2.05) is 0 Å². The minimum Gasteiger partial charge on any atom is -0.208 e. The van der Waals surface area contributed by atoms with Gasteiger partial charge in [0.2, 0.25) is 0 Å². The molecule has 1 aromatic heterocycles. The van der Waals surface area contributed by atoms with E-state index >= 15 is 0 Å². The Kier molecular flexibility index (Phi) is 7.27. The van der Waals surface area contributed by atoms with Gasteiger partial charge in [-0.05, 0) is 112 Å². The van der Waals surface area contributed by atoms with E-state index in [1.165, 1.54) is 76.5 Å². The summed E-state index contributed by atoms with van der Waals surface area (Å²) in [6, 6.07) is 68.0. The minimum absolute atomic E-state index is 0.0409. The van der Waals surface area contributed by atoms with Crippen molar-refractivity contribution in [2.75, 3.05) is 0 Å². The molecule has 0 amide bonds. The molecule has 0 atom stereocenters. The first kappa shape index (κ1) is 33.6. The molecule has 1 aliphatic rings. The predicted octanol–water partition coefficient (Wildman–Crippen LogP) is 14.6. The Labute approximate surface area is 342 Å². The van der Waals surface area contributed by atoms with Crippen molar-refractivity contribution in [3.63, 3.8) is 0 Å². The number of fused-ring (bicyclic) bond motifs is 10. The molecule has 11 aromatic rings. The van der Waals surface area contributed by atoms with Gasteiger partial charge in [-0.3, -0.25) is 0 Å². The largest absolute Gasteiger partial charge is 0.208 e. The van der Waals surface area contributed by atoms with Crippen molar-refractivity contribution in [1.29, 1.82) is 0 Å². The number of nitrogens with zero attached hydrogens (tertiary/aromatic N) is 3. The normalized spacial score (nSPS) is 13.1. The molecule has 0 radical (unpaired) electrons. The summed E-state index contributed by atoms with van der Waals surface area (Å²) in [5.41, 5.74) is 10.6. The van der Waals surface area contributed by atoms with E-state index in [4.69, 9.17) is 15.0 Å². The lowest BCUT2D eigenvalue weighted by Gasteiger charge is -2.21. The third-order valence-electron chi connectivity index (χ3n) is 12.7. The second kappa shape index (κ2) is 12.8. The fourth-order valence-electron chi connectivity index (χ4n) is 9.67. The van der Waals surface area contributed by atoms with Gasteiger partial charge >= 0.3 is 0 Å². The molecule has 0 N–H and O–H groups in total. The third-order valence-corrected chi connectivity index (χ3v) is 12.7. The van der Waals surface area contributed by atoms with Crippen molar-refractivity contribution < 1.29 is 0 Å². The zero-order valence-corrected chi connectivity index (χ0v) is 32.7. The smallest absolute Gasteiger partial charge is 0.164 e. The molecule has 0 spiro atoms. The molecule has 10 aromatic carbocycles. The van der Waals surface area contributed by atoms with Crippen LogP contribution >= 0.6 is 0 Å². The molecular formula is C56H37N3. The highest BCUT2D eigenvalue weighted by Gasteiger charge is 2.35. The van der Waals surface area contributed by atoms with Crippen molar-refractivity contribution in [3.8, 4) is 56.4 Å². The van der Waals surface area contributed by atoms with Crippen LogP contribution < -0.4 is 0 Å². The third kappa shape index (κ3) is 5.25. The fourth-order valence-corrected chi connectivity index (χ4v) is 9.67. The molecule has 3 heteroatoms. The maximum Gasteiger partial charge on any atom is 0.164 e. The number of rotatable bonds is 4. The number of hydrogen-bond donors (Lipinski definition) is 0. The highest BCUT2D eigenvalue weighted by Crippen LogP contribution is 2.50. The van der Waals surface area contributed by atoms with Crippen LogP contribution in [0.1, 0.15) is 25.0 Å². The van der Waals surface area contributed by atoms with Crippen LogP contribution in [0.15, 0.2) is 188 Å². The van der Waals surface area contributed by atoms with E-state index in [1.54, 1.807) is 0 Å². The summed E-state index contributed by atoms with van der Waals surface area (Å²) < 4.78 is 0. The molecule has 0 saturated carbocycles. The van der Waals surface area contributed by atoms with Crippen LogP contribution in [0.2, 0.25) is 0 Å². The topological polar surface area (TPSA) is 38.7 Å². The van der Waals surface area contributed by atoms with Crippen LogP contribution in [0.5, 0.6) is 0 Å². The van der Waals surface area contributed by atoms with E-state index in [-0.39, 0.29) is 5.41 Å². The van der Waals surface area contributed by atoms with Gasteiger partial charge < -0.3 is 0 Å². The van der Waals surface area contributed by atoms with Crippen LogP contribution in [-0.2, 0) is 5.41 Å². The lowest BCUT2D eigenvalue weighted by Crippen LogP contribution is -2.14. The van der Waals surface area contributed by atoms with Crippen molar-refractivity contribution in [3.05, 3.63) is 199 Å². The summed E-state index contributed by atoms with van der Waals surface area (Å²) in [6.45, 7) is 4.66. The van der Waals surface area contributed by atoms with Crippen LogP contribution in [0.4, 0.5) is 0 Å². The van der Waals surface area contributed by atoms with E-state index in [9.17, 15) is 0 Å². The van der Waals surface area contributed by atoms with Gasteiger partial charge in [-0.25, -0.2) is 15.0 Å². The summed E-state index contributed by atoms with van der Waals surface area (Å²) in [5, 5.41) is 11.8. The second-order valence-corrected chi connectivity index (χ2v) is 16.4. The molecular weight excluding hydrogens is 715 g/mol. The van der Waals surface area contributed by atoms with Gasteiger partial charge in [-0.2, -0.15) is 0 Å². The molecule has 0 bridgehead atoms. The van der Waals surface area contributed by atoms with Crippen LogP contribution in [0, 0.1) is 0 Å². The monoisotopic (exact) mass is 751 g/mol. The number of aromatic nitrogens is 3. The Balaban J connectivity index is 1.07. The molecule has 0 aliphatic heterocycles. The Morgan fingerprint density at radius 3 is 1.36 bits per heavy atom. The highest BCUT2D eigenvalue weighted by molar-refractivity contribution is 6.10. The van der Waals surface area contributed by atoms with E-state index < -0.39 is 0 Å². The first-order valence-electron chi connectivity index (χ1n) is 20.3. The molecule has 0 unspecified atom stereocenters. The predicted molar refractivity (Wildman–Crippen MR) is 247 cm³/mol. The summed E-state index contributed by atoms with van der Waals surface area (Å²) in [6.07, 6.45) is 0. The SMILES string of the molecule is CC1(C)c2ccccc2-c2cc(-c3ccc(-c4nc(-c5ccc6ccc7ccccc7c6c5)nc(-c5ccc6ccc7ccccc7c6c5)n4)c4ccccc34)ccc21. The Morgan fingerprint density at radius 2 is 0.729 bits per heavy atom. The molecule has 0 saturated heterocycles. The summed E-state index contributed by atoms with van der Waals surface area (Å²) in [5.74, 6) is 1.94. The van der Waals surface area contributed by atoms with Crippen LogP contribution in [0.25, 0.3) is 110 Å². The summed E-state index contributed by atoms with van der Waals surface area (Å²) in [4.78, 5) is 15.9. The molecule has 3 nitrogen and oxygen atoms in total. The standard InChI is InChI=1S/C56H37N3/c1-56(2)51-18-10-9-17-46(51)50-31-38(27-30-52(50)56)43-28-29-47(45-16-8-7-15-44(43)45)55-58-53(39-25-23-36-21-19-34-11-3-5-13-41(34)48(36)32-39)57-54(59-55)40-26-24-37-22-20-35-12-4-6-14-42(35)49(37)33-40/h3-33H,1-2H3. The number of benzene rings is 10. The lowest BCUT2D eigenvalue weighted by molar-refractivity contribution is 0.660. The Morgan fingerprint density at radius 1 is 0.288 bits per heavy atom. The minimum atomic E-state index is -0.0409. The maximum absolute atomic E-state index is 5.32. The summed E-state index contributed by atoms with van der Waals surface area (Å²) in [7, 11) is 0. The first-order valence-corrected chi connectivity index (χ1v) is 20.3. The van der Waals surface area contributed by atoms with E-state index in [0.29, 0.717) is 17.5 Å².